The molecule has 4 heteroatoms. The number of nitrogens with zero attached hydrogens (tertiary/aromatic N) is 2. The Kier molecular flexibility index (Phi) is 9.84. The first-order valence-corrected chi connectivity index (χ1v) is 10.8. The Hall–Kier alpha value is -0.770. The number of carbonyl (C=O) groups excluding carboxylic acids is 1. The van der Waals surface area contributed by atoms with Gasteiger partial charge in [-0.2, -0.15) is 0 Å². The van der Waals surface area contributed by atoms with Crippen LogP contribution in [0.5, 0.6) is 0 Å². The molecule has 1 aliphatic heterocycles. The highest BCUT2D eigenvalue weighted by Gasteiger charge is 2.22. The third-order valence-electron chi connectivity index (χ3n) is 5.61. The van der Waals surface area contributed by atoms with E-state index in [1.165, 1.54) is 11.5 Å². The molecule has 1 aliphatic rings. The van der Waals surface area contributed by atoms with Crippen LogP contribution in [-0.2, 0) is 4.79 Å². The highest BCUT2D eigenvalue weighted by Crippen LogP contribution is 2.29. The SMILES string of the molecule is C=C[C@@H]1CSC(C[C@H](C)[C@@H](C)C[C@@H](C)CCN(C)C(=O)[C@@H](C)CC)=N1. The van der Waals surface area contributed by atoms with Gasteiger partial charge in [-0.3, -0.25) is 9.79 Å². The lowest BCUT2D eigenvalue weighted by molar-refractivity contribution is -0.133. The highest BCUT2D eigenvalue weighted by atomic mass is 32.2. The fourth-order valence-corrected chi connectivity index (χ4v) is 4.37. The number of rotatable bonds is 11. The molecule has 5 atom stereocenters. The summed E-state index contributed by atoms with van der Waals surface area (Å²) in [6.07, 6.45) is 6.27. The first-order valence-electron chi connectivity index (χ1n) is 9.85. The monoisotopic (exact) mass is 366 g/mol. The lowest BCUT2D eigenvalue weighted by Crippen LogP contribution is -2.33. The molecule has 0 saturated heterocycles. The second kappa shape index (κ2) is 11.1. The summed E-state index contributed by atoms with van der Waals surface area (Å²) in [6.45, 7) is 15.8. The van der Waals surface area contributed by atoms with Crippen molar-refractivity contribution in [1.82, 2.24) is 4.90 Å². The summed E-state index contributed by atoms with van der Waals surface area (Å²) < 4.78 is 0. The highest BCUT2D eigenvalue weighted by molar-refractivity contribution is 8.14. The van der Waals surface area contributed by atoms with Crippen LogP contribution in [0.2, 0.25) is 0 Å². The molecule has 0 aromatic carbocycles. The molecule has 0 fully saturated rings. The van der Waals surface area contributed by atoms with Gasteiger partial charge in [0, 0.05) is 25.3 Å². The van der Waals surface area contributed by atoms with Crippen molar-refractivity contribution in [1.29, 1.82) is 0 Å². The van der Waals surface area contributed by atoms with Crippen molar-refractivity contribution in [3.63, 3.8) is 0 Å². The van der Waals surface area contributed by atoms with Crippen LogP contribution in [0.1, 0.15) is 60.3 Å². The van der Waals surface area contributed by atoms with Gasteiger partial charge in [0.25, 0.3) is 0 Å². The van der Waals surface area contributed by atoms with Gasteiger partial charge >= 0.3 is 0 Å². The topological polar surface area (TPSA) is 32.7 Å². The van der Waals surface area contributed by atoms with E-state index < -0.39 is 0 Å². The summed E-state index contributed by atoms with van der Waals surface area (Å²) in [4.78, 5) is 18.8. The Balaban J connectivity index is 2.34. The fraction of sp³-hybridized carbons (Fsp3) is 0.810. The van der Waals surface area contributed by atoms with Crippen molar-refractivity contribution in [3.8, 4) is 0 Å². The number of hydrogen-bond donors (Lipinski definition) is 0. The maximum absolute atomic E-state index is 12.2. The normalized spacial score (nSPS) is 22.0. The predicted molar refractivity (Wildman–Crippen MR) is 112 cm³/mol. The minimum atomic E-state index is 0.142. The maximum atomic E-state index is 12.2. The Labute approximate surface area is 159 Å². The Morgan fingerprint density at radius 3 is 2.60 bits per heavy atom. The van der Waals surface area contributed by atoms with Crippen molar-refractivity contribution in [2.24, 2.45) is 28.7 Å². The van der Waals surface area contributed by atoms with E-state index in [2.05, 4.69) is 34.3 Å². The molecule has 0 radical (unpaired) electrons. The maximum Gasteiger partial charge on any atom is 0.225 e. The van der Waals surface area contributed by atoms with Gasteiger partial charge in [-0.05, 0) is 43.4 Å². The number of aliphatic imine (C=N–C) groups is 1. The standard InChI is InChI=1S/C21H38N2OS/c1-8-16(4)21(24)23(7)11-10-15(3)12-17(5)18(6)13-20-22-19(9-2)14-25-20/h9,15-19H,2,8,10-14H2,1,3-7H3/t15-,16-,17-,18-,19+/m0/s1. The van der Waals surface area contributed by atoms with Gasteiger partial charge in [0.2, 0.25) is 5.91 Å². The molecule has 0 N–H and O–H groups in total. The lowest BCUT2D eigenvalue weighted by Gasteiger charge is -2.26. The Morgan fingerprint density at radius 2 is 2.04 bits per heavy atom. The molecule has 1 amide bonds. The minimum absolute atomic E-state index is 0.142. The van der Waals surface area contributed by atoms with E-state index in [1.807, 2.05) is 36.7 Å². The summed E-state index contributed by atoms with van der Waals surface area (Å²) in [5.41, 5.74) is 0. The first kappa shape index (κ1) is 22.3. The number of thioether (sulfide) groups is 1. The molecule has 0 bridgehead atoms. The largest absolute Gasteiger partial charge is 0.346 e. The number of amides is 1. The van der Waals surface area contributed by atoms with E-state index in [4.69, 9.17) is 4.99 Å². The quantitative estimate of drug-likeness (QED) is 0.467. The first-order chi connectivity index (χ1) is 11.8. The van der Waals surface area contributed by atoms with Crippen molar-refractivity contribution in [3.05, 3.63) is 12.7 Å². The van der Waals surface area contributed by atoms with Crippen LogP contribution < -0.4 is 0 Å². The van der Waals surface area contributed by atoms with Crippen molar-refractivity contribution < 1.29 is 4.79 Å². The van der Waals surface area contributed by atoms with Crippen LogP contribution in [0.25, 0.3) is 0 Å². The molecule has 1 rings (SSSR count). The molecule has 0 saturated carbocycles. The molecule has 25 heavy (non-hydrogen) atoms. The second-order valence-corrected chi connectivity index (χ2v) is 9.09. The zero-order valence-corrected chi connectivity index (χ0v) is 17.9. The van der Waals surface area contributed by atoms with E-state index in [0.717, 1.165) is 31.6 Å². The Bertz CT molecular complexity index is 463. The second-order valence-electron chi connectivity index (χ2n) is 7.99. The van der Waals surface area contributed by atoms with Crippen LogP contribution in [0.15, 0.2) is 17.6 Å². The molecule has 0 unspecified atom stereocenters. The van der Waals surface area contributed by atoms with Gasteiger partial charge in [0.1, 0.15) is 0 Å². The third kappa shape index (κ3) is 7.55. The molecule has 0 spiro atoms. The van der Waals surface area contributed by atoms with Gasteiger partial charge in [-0.15, -0.1) is 18.3 Å². The molecule has 1 heterocycles. The van der Waals surface area contributed by atoms with Crippen molar-refractivity contribution >= 4 is 22.7 Å². The van der Waals surface area contributed by atoms with Gasteiger partial charge < -0.3 is 4.90 Å². The molecule has 3 nitrogen and oxygen atoms in total. The molecule has 0 aromatic heterocycles. The molecule has 0 aromatic rings. The summed E-state index contributed by atoms with van der Waals surface area (Å²) in [5, 5.41) is 1.30. The number of hydrogen-bond acceptors (Lipinski definition) is 3. The van der Waals surface area contributed by atoms with Crippen LogP contribution in [0, 0.1) is 23.7 Å². The summed E-state index contributed by atoms with van der Waals surface area (Å²) >= 11 is 1.90. The fourth-order valence-electron chi connectivity index (χ4n) is 3.21. The molecule has 0 aliphatic carbocycles. The van der Waals surface area contributed by atoms with Crippen molar-refractivity contribution in [2.75, 3.05) is 19.3 Å². The van der Waals surface area contributed by atoms with E-state index in [-0.39, 0.29) is 11.8 Å². The van der Waals surface area contributed by atoms with E-state index >= 15 is 0 Å². The van der Waals surface area contributed by atoms with E-state index in [1.54, 1.807) is 0 Å². The summed E-state index contributed by atoms with van der Waals surface area (Å²) in [6, 6.07) is 0.319. The van der Waals surface area contributed by atoms with E-state index in [0.29, 0.717) is 23.8 Å². The number of carbonyl (C=O) groups is 1. The lowest BCUT2D eigenvalue weighted by atomic mass is 9.84. The van der Waals surface area contributed by atoms with Gasteiger partial charge in [-0.25, -0.2) is 0 Å². The molecule has 144 valence electrons. The van der Waals surface area contributed by atoms with Crippen LogP contribution >= 0.6 is 11.8 Å². The average Bonchev–Trinajstić information content (AvgIpc) is 3.05. The molecular formula is C21H38N2OS. The zero-order chi connectivity index (χ0) is 19.0. The van der Waals surface area contributed by atoms with Crippen LogP contribution in [0.4, 0.5) is 0 Å². The Morgan fingerprint density at radius 1 is 1.36 bits per heavy atom. The minimum Gasteiger partial charge on any atom is -0.346 e. The van der Waals surface area contributed by atoms with Gasteiger partial charge in [0.15, 0.2) is 0 Å². The summed E-state index contributed by atoms with van der Waals surface area (Å²) in [7, 11) is 1.94. The third-order valence-corrected chi connectivity index (χ3v) is 6.73. The van der Waals surface area contributed by atoms with Gasteiger partial charge in [-0.1, -0.05) is 40.7 Å². The van der Waals surface area contributed by atoms with Crippen LogP contribution in [0.3, 0.4) is 0 Å². The predicted octanol–water partition coefficient (Wildman–Crippen LogP) is 5.27. The molecular weight excluding hydrogens is 328 g/mol. The smallest absolute Gasteiger partial charge is 0.225 e. The van der Waals surface area contributed by atoms with Crippen molar-refractivity contribution in [2.45, 2.75) is 66.3 Å². The van der Waals surface area contributed by atoms with E-state index in [9.17, 15) is 4.79 Å². The zero-order valence-electron chi connectivity index (χ0n) is 17.1. The van der Waals surface area contributed by atoms with Crippen LogP contribution in [-0.4, -0.2) is 41.2 Å². The van der Waals surface area contributed by atoms with Gasteiger partial charge in [0.05, 0.1) is 11.1 Å². The average molecular weight is 367 g/mol. The summed E-state index contributed by atoms with van der Waals surface area (Å²) in [5.74, 6) is 3.46.